The van der Waals surface area contributed by atoms with E-state index < -0.39 is 0 Å². The lowest BCUT2D eigenvalue weighted by Crippen LogP contribution is -2.37. The number of nitrogens with one attached hydrogen (secondary N) is 1. The Balaban J connectivity index is 2.14. The molecule has 0 aromatic heterocycles. The van der Waals surface area contributed by atoms with Gasteiger partial charge in [-0.1, -0.05) is 51.1 Å². The van der Waals surface area contributed by atoms with Crippen molar-refractivity contribution < 1.29 is 4.79 Å². The number of hydrogen-bond donors (Lipinski definition) is 1. The highest BCUT2D eigenvalue weighted by molar-refractivity contribution is 5.80. The van der Waals surface area contributed by atoms with E-state index in [4.69, 9.17) is 0 Å². The minimum atomic E-state index is 0.0582. The molecule has 2 heteroatoms. The van der Waals surface area contributed by atoms with Gasteiger partial charge in [0.05, 0.1) is 0 Å². The standard InChI is InChI=1S/C16H23NO/c1-12(2)9-14-16(3,11-15(18)17-14)10-13-7-5-4-6-8-13/h4-8,12,14H,9-11H2,1-3H3,(H,17,18). The van der Waals surface area contributed by atoms with Crippen LogP contribution >= 0.6 is 0 Å². The number of carbonyl (C=O) groups excluding carboxylic acids is 1. The second-order valence-electron chi connectivity index (χ2n) is 6.24. The molecule has 1 aromatic rings. The van der Waals surface area contributed by atoms with Crippen molar-refractivity contribution in [1.29, 1.82) is 0 Å². The van der Waals surface area contributed by atoms with E-state index in [1.165, 1.54) is 5.56 Å². The summed E-state index contributed by atoms with van der Waals surface area (Å²) in [5, 5.41) is 3.16. The lowest BCUT2D eigenvalue weighted by Gasteiger charge is -2.31. The van der Waals surface area contributed by atoms with Crippen molar-refractivity contribution in [2.75, 3.05) is 0 Å². The first-order valence-electron chi connectivity index (χ1n) is 6.83. The molecule has 1 aliphatic rings. The zero-order valence-electron chi connectivity index (χ0n) is 11.6. The third-order valence-corrected chi connectivity index (χ3v) is 3.90. The molecule has 2 nitrogen and oxygen atoms in total. The topological polar surface area (TPSA) is 29.1 Å². The molecule has 0 saturated carbocycles. The molecule has 18 heavy (non-hydrogen) atoms. The van der Waals surface area contributed by atoms with Gasteiger partial charge in [-0.05, 0) is 24.3 Å². The van der Waals surface area contributed by atoms with Crippen molar-refractivity contribution in [2.24, 2.45) is 11.3 Å². The maximum atomic E-state index is 11.7. The summed E-state index contributed by atoms with van der Waals surface area (Å²) in [6, 6.07) is 10.8. The van der Waals surface area contributed by atoms with Gasteiger partial charge in [0, 0.05) is 17.9 Å². The van der Waals surface area contributed by atoms with Crippen LogP contribution in [0.4, 0.5) is 0 Å². The fraction of sp³-hybridized carbons (Fsp3) is 0.562. The van der Waals surface area contributed by atoms with Gasteiger partial charge in [0.1, 0.15) is 0 Å². The second-order valence-corrected chi connectivity index (χ2v) is 6.24. The summed E-state index contributed by atoms with van der Waals surface area (Å²) in [6.45, 7) is 6.67. The van der Waals surface area contributed by atoms with Gasteiger partial charge in [0.25, 0.3) is 0 Å². The Kier molecular flexibility index (Phi) is 3.74. The van der Waals surface area contributed by atoms with Crippen molar-refractivity contribution in [3.63, 3.8) is 0 Å². The molecule has 0 aliphatic carbocycles. The van der Waals surface area contributed by atoms with Gasteiger partial charge < -0.3 is 5.32 Å². The van der Waals surface area contributed by atoms with Crippen LogP contribution in [0.25, 0.3) is 0 Å². The average Bonchev–Trinajstić information content (AvgIpc) is 2.54. The van der Waals surface area contributed by atoms with Gasteiger partial charge in [-0.25, -0.2) is 0 Å². The first-order chi connectivity index (χ1) is 8.49. The fourth-order valence-corrected chi connectivity index (χ4v) is 2.97. The van der Waals surface area contributed by atoms with Crippen molar-refractivity contribution in [2.45, 2.75) is 46.1 Å². The molecule has 1 heterocycles. The van der Waals surface area contributed by atoms with Crippen molar-refractivity contribution in [1.82, 2.24) is 5.32 Å². The second kappa shape index (κ2) is 5.13. The summed E-state index contributed by atoms with van der Waals surface area (Å²) in [5.74, 6) is 0.822. The van der Waals surface area contributed by atoms with Gasteiger partial charge in [0.15, 0.2) is 0 Å². The molecular formula is C16H23NO. The molecule has 1 aromatic carbocycles. The SMILES string of the molecule is CC(C)CC1NC(=O)CC1(C)Cc1ccccc1. The minimum absolute atomic E-state index is 0.0582. The lowest BCUT2D eigenvalue weighted by atomic mass is 9.74. The van der Waals surface area contributed by atoms with Gasteiger partial charge >= 0.3 is 0 Å². The fourth-order valence-electron chi connectivity index (χ4n) is 2.97. The third kappa shape index (κ3) is 2.92. The molecule has 1 amide bonds. The Labute approximate surface area is 110 Å². The molecule has 1 fully saturated rings. The summed E-state index contributed by atoms with van der Waals surface area (Å²) >= 11 is 0. The number of carbonyl (C=O) groups is 1. The zero-order valence-corrected chi connectivity index (χ0v) is 11.6. The molecule has 1 aliphatic heterocycles. The summed E-state index contributed by atoms with van der Waals surface area (Å²) in [7, 11) is 0. The van der Waals surface area contributed by atoms with Crippen LogP contribution in [-0.4, -0.2) is 11.9 Å². The Morgan fingerprint density at radius 1 is 1.33 bits per heavy atom. The average molecular weight is 245 g/mol. The molecule has 1 N–H and O–H groups in total. The van der Waals surface area contributed by atoms with Crippen LogP contribution in [0.1, 0.15) is 39.2 Å². The Bertz CT molecular complexity index is 412. The summed E-state index contributed by atoms with van der Waals surface area (Å²) in [5.41, 5.74) is 1.38. The Morgan fingerprint density at radius 2 is 2.00 bits per heavy atom. The van der Waals surface area contributed by atoms with E-state index in [2.05, 4.69) is 50.4 Å². The molecule has 0 spiro atoms. The van der Waals surface area contributed by atoms with Gasteiger partial charge in [-0.3, -0.25) is 4.79 Å². The van der Waals surface area contributed by atoms with E-state index in [0.717, 1.165) is 12.8 Å². The van der Waals surface area contributed by atoms with Crippen LogP contribution in [0, 0.1) is 11.3 Å². The van der Waals surface area contributed by atoms with Crippen LogP contribution in [-0.2, 0) is 11.2 Å². The quantitative estimate of drug-likeness (QED) is 0.867. The van der Waals surface area contributed by atoms with Crippen molar-refractivity contribution in [3.8, 4) is 0 Å². The van der Waals surface area contributed by atoms with Crippen molar-refractivity contribution >= 4 is 5.91 Å². The molecular weight excluding hydrogens is 222 g/mol. The summed E-state index contributed by atoms with van der Waals surface area (Å²) < 4.78 is 0. The summed E-state index contributed by atoms with van der Waals surface area (Å²) in [4.78, 5) is 11.7. The molecule has 0 bridgehead atoms. The van der Waals surface area contributed by atoms with E-state index in [0.29, 0.717) is 18.4 Å². The smallest absolute Gasteiger partial charge is 0.220 e. The minimum Gasteiger partial charge on any atom is -0.353 e. The highest BCUT2D eigenvalue weighted by Gasteiger charge is 2.42. The lowest BCUT2D eigenvalue weighted by molar-refractivity contribution is -0.119. The number of amides is 1. The van der Waals surface area contributed by atoms with Crippen LogP contribution in [0.2, 0.25) is 0 Å². The molecule has 98 valence electrons. The number of benzene rings is 1. The Hall–Kier alpha value is -1.31. The first-order valence-corrected chi connectivity index (χ1v) is 6.83. The Morgan fingerprint density at radius 3 is 2.61 bits per heavy atom. The molecule has 2 rings (SSSR count). The molecule has 2 unspecified atom stereocenters. The predicted molar refractivity (Wildman–Crippen MR) is 74.3 cm³/mol. The maximum absolute atomic E-state index is 11.7. The maximum Gasteiger partial charge on any atom is 0.220 e. The highest BCUT2D eigenvalue weighted by atomic mass is 16.2. The largest absolute Gasteiger partial charge is 0.353 e. The van der Waals surface area contributed by atoms with E-state index in [1.54, 1.807) is 0 Å². The van der Waals surface area contributed by atoms with Crippen LogP contribution in [0.3, 0.4) is 0 Å². The summed E-state index contributed by atoms with van der Waals surface area (Å²) in [6.07, 6.45) is 2.69. The molecule has 0 radical (unpaired) electrons. The van der Waals surface area contributed by atoms with Gasteiger partial charge in [-0.2, -0.15) is 0 Å². The van der Waals surface area contributed by atoms with Crippen LogP contribution in [0.15, 0.2) is 30.3 Å². The van der Waals surface area contributed by atoms with E-state index in [9.17, 15) is 4.79 Å². The van der Waals surface area contributed by atoms with Crippen LogP contribution in [0.5, 0.6) is 0 Å². The van der Waals surface area contributed by atoms with Gasteiger partial charge in [-0.15, -0.1) is 0 Å². The molecule has 2 atom stereocenters. The monoisotopic (exact) mass is 245 g/mol. The van der Waals surface area contributed by atoms with E-state index in [-0.39, 0.29) is 11.3 Å². The molecule has 1 saturated heterocycles. The van der Waals surface area contributed by atoms with Crippen molar-refractivity contribution in [3.05, 3.63) is 35.9 Å². The normalized spacial score (nSPS) is 27.6. The van der Waals surface area contributed by atoms with E-state index in [1.807, 2.05) is 6.07 Å². The highest BCUT2D eigenvalue weighted by Crippen LogP contribution is 2.37. The zero-order chi connectivity index (χ0) is 13.2. The first kappa shape index (κ1) is 13.1. The van der Waals surface area contributed by atoms with E-state index >= 15 is 0 Å². The predicted octanol–water partition coefficient (Wildman–Crippen LogP) is 3.17. The third-order valence-electron chi connectivity index (χ3n) is 3.90. The number of hydrogen-bond acceptors (Lipinski definition) is 1. The van der Waals surface area contributed by atoms with Crippen LogP contribution < -0.4 is 5.32 Å². The number of rotatable bonds is 4. The van der Waals surface area contributed by atoms with Gasteiger partial charge in [0.2, 0.25) is 5.91 Å².